The molecule has 52 valence electrons. The van der Waals surface area contributed by atoms with Gasteiger partial charge >= 0.3 is 0 Å². The second-order valence-electron chi connectivity index (χ2n) is 1.66. The van der Waals surface area contributed by atoms with E-state index in [2.05, 4.69) is 16.8 Å². The van der Waals surface area contributed by atoms with Crippen molar-refractivity contribution in [3.05, 3.63) is 31.0 Å². The van der Waals surface area contributed by atoms with Crippen LogP contribution in [0.2, 0.25) is 0 Å². The van der Waals surface area contributed by atoms with E-state index in [1.165, 1.54) is 0 Å². The standard InChI is InChI=1S/C7H8N2S/c1-2-6-10-7-4-3-5-8-9-7/h2-5H,1,6H2. The second-order valence-corrected chi connectivity index (χ2v) is 2.70. The average molecular weight is 152 g/mol. The van der Waals surface area contributed by atoms with E-state index in [4.69, 9.17) is 0 Å². The van der Waals surface area contributed by atoms with E-state index in [9.17, 15) is 0 Å². The van der Waals surface area contributed by atoms with Crippen LogP contribution >= 0.6 is 11.8 Å². The molecule has 0 atom stereocenters. The third kappa shape index (κ3) is 2.19. The Balaban J connectivity index is 2.50. The summed E-state index contributed by atoms with van der Waals surface area (Å²) >= 11 is 1.63. The minimum atomic E-state index is 0.888. The maximum Gasteiger partial charge on any atom is 0.119 e. The second kappa shape index (κ2) is 4.06. The summed E-state index contributed by atoms with van der Waals surface area (Å²) in [5, 5.41) is 8.56. The highest BCUT2D eigenvalue weighted by Crippen LogP contribution is 2.11. The third-order valence-corrected chi connectivity index (χ3v) is 1.81. The van der Waals surface area contributed by atoms with Crippen LogP contribution in [0.25, 0.3) is 0 Å². The van der Waals surface area contributed by atoms with Crippen LogP contribution in [0.1, 0.15) is 0 Å². The van der Waals surface area contributed by atoms with Crippen LogP contribution < -0.4 is 0 Å². The Morgan fingerprint density at radius 3 is 3.20 bits per heavy atom. The van der Waals surface area contributed by atoms with Crippen LogP contribution in [0, 0.1) is 0 Å². The lowest BCUT2D eigenvalue weighted by Gasteiger charge is -1.91. The molecule has 10 heavy (non-hydrogen) atoms. The zero-order valence-corrected chi connectivity index (χ0v) is 6.34. The molecule has 2 nitrogen and oxygen atoms in total. The van der Waals surface area contributed by atoms with Crippen molar-refractivity contribution in [1.82, 2.24) is 10.2 Å². The fourth-order valence-corrected chi connectivity index (χ4v) is 1.08. The molecule has 1 aromatic rings. The Morgan fingerprint density at radius 2 is 2.60 bits per heavy atom. The summed E-state index contributed by atoms with van der Waals surface area (Å²) in [6.45, 7) is 3.61. The molecule has 0 spiro atoms. The van der Waals surface area contributed by atoms with Crippen molar-refractivity contribution in [1.29, 1.82) is 0 Å². The van der Waals surface area contributed by atoms with Crippen molar-refractivity contribution in [2.24, 2.45) is 0 Å². The van der Waals surface area contributed by atoms with E-state index in [0.29, 0.717) is 0 Å². The minimum Gasteiger partial charge on any atom is -0.158 e. The summed E-state index contributed by atoms with van der Waals surface area (Å²) in [6, 6.07) is 3.81. The first-order chi connectivity index (χ1) is 4.93. The lowest BCUT2D eigenvalue weighted by Crippen LogP contribution is -1.81. The van der Waals surface area contributed by atoms with E-state index in [1.54, 1.807) is 18.0 Å². The summed E-state index contributed by atoms with van der Waals surface area (Å²) in [5.74, 6) is 0.888. The van der Waals surface area contributed by atoms with E-state index in [1.807, 2.05) is 18.2 Å². The SMILES string of the molecule is C=CCSc1cccnn1. The molecule has 0 amide bonds. The van der Waals surface area contributed by atoms with Gasteiger partial charge in [0.15, 0.2) is 0 Å². The molecule has 0 saturated carbocycles. The fraction of sp³-hybridized carbons (Fsp3) is 0.143. The Labute approximate surface area is 64.4 Å². The molecule has 1 aromatic heterocycles. The van der Waals surface area contributed by atoms with E-state index in [0.717, 1.165) is 10.8 Å². The highest BCUT2D eigenvalue weighted by Gasteiger charge is 1.89. The molecule has 0 N–H and O–H groups in total. The smallest absolute Gasteiger partial charge is 0.119 e. The van der Waals surface area contributed by atoms with Crippen LogP contribution in [0.3, 0.4) is 0 Å². The molecular weight excluding hydrogens is 144 g/mol. The van der Waals surface area contributed by atoms with Gasteiger partial charge in [0.1, 0.15) is 5.03 Å². The van der Waals surface area contributed by atoms with Crippen molar-refractivity contribution < 1.29 is 0 Å². The minimum absolute atomic E-state index is 0.888. The first kappa shape index (κ1) is 7.28. The quantitative estimate of drug-likeness (QED) is 0.487. The van der Waals surface area contributed by atoms with Gasteiger partial charge in [0.05, 0.1) is 0 Å². The van der Waals surface area contributed by atoms with Gasteiger partial charge in [-0.2, -0.15) is 5.10 Å². The molecular formula is C7H8N2S. The first-order valence-electron chi connectivity index (χ1n) is 2.95. The first-order valence-corrected chi connectivity index (χ1v) is 3.93. The Bertz CT molecular complexity index is 198. The Morgan fingerprint density at radius 1 is 1.70 bits per heavy atom. The molecule has 0 aliphatic carbocycles. The largest absolute Gasteiger partial charge is 0.158 e. The van der Waals surface area contributed by atoms with Gasteiger partial charge in [-0.25, -0.2) is 0 Å². The number of nitrogens with zero attached hydrogens (tertiary/aromatic N) is 2. The van der Waals surface area contributed by atoms with Crippen molar-refractivity contribution >= 4 is 11.8 Å². The van der Waals surface area contributed by atoms with Gasteiger partial charge in [0.25, 0.3) is 0 Å². The van der Waals surface area contributed by atoms with Crippen LogP contribution in [-0.4, -0.2) is 16.0 Å². The van der Waals surface area contributed by atoms with Crippen molar-refractivity contribution in [2.75, 3.05) is 5.75 Å². The molecule has 0 unspecified atom stereocenters. The van der Waals surface area contributed by atoms with Gasteiger partial charge in [-0.3, -0.25) is 0 Å². The van der Waals surface area contributed by atoms with Crippen molar-refractivity contribution in [2.45, 2.75) is 5.03 Å². The molecule has 0 aliphatic heterocycles. The van der Waals surface area contributed by atoms with Gasteiger partial charge in [-0.15, -0.1) is 23.4 Å². The topological polar surface area (TPSA) is 25.8 Å². The molecule has 0 bridgehead atoms. The predicted molar refractivity (Wildman–Crippen MR) is 43.0 cm³/mol. The summed E-state index contributed by atoms with van der Waals surface area (Å²) < 4.78 is 0. The molecule has 3 heteroatoms. The van der Waals surface area contributed by atoms with E-state index >= 15 is 0 Å². The predicted octanol–water partition coefficient (Wildman–Crippen LogP) is 1.75. The van der Waals surface area contributed by atoms with Crippen LogP contribution in [0.15, 0.2) is 36.0 Å². The number of hydrogen-bond donors (Lipinski definition) is 0. The van der Waals surface area contributed by atoms with Crippen molar-refractivity contribution in [3.63, 3.8) is 0 Å². The maximum atomic E-state index is 3.88. The highest BCUT2D eigenvalue weighted by atomic mass is 32.2. The molecule has 1 rings (SSSR count). The zero-order valence-electron chi connectivity index (χ0n) is 5.53. The molecule has 0 fully saturated rings. The van der Waals surface area contributed by atoms with E-state index in [-0.39, 0.29) is 0 Å². The summed E-state index contributed by atoms with van der Waals surface area (Å²) in [5.41, 5.74) is 0. The fourth-order valence-electron chi connectivity index (χ4n) is 0.509. The van der Waals surface area contributed by atoms with Gasteiger partial charge in [-0.1, -0.05) is 6.08 Å². The van der Waals surface area contributed by atoms with Crippen molar-refractivity contribution in [3.8, 4) is 0 Å². The molecule has 0 saturated heterocycles. The zero-order chi connectivity index (χ0) is 7.23. The number of rotatable bonds is 3. The number of aromatic nitrogens is 2. The van der Waals surface area contributed by atoms with Crippen LogP contribution in [-0.2, 0) is 0 Å². The number of hydrogen-bond acceptors (Lipinski definition) is 3. The summed E-state index contributed by atoms with van der Waals surface area (Å²) in [7, 11) is 0. The third-order valence-electron chi connectivity index (χ3n) is 0.897. The molecule has 0 aliphatic rings. The molecule has 1 heterocycles. The van der Waals surface area contributed by atoms with Gasteiger partial charge in [0, 0.05) is 11.9 Å². The van der Waals surface area contributed by atoms with Crippen LogP contribution in [0.4, 0.5) is 0 Å². The van der Waals surface area contributed by atoms with Gasteiger partial charge in [0.2, 0.25) is 0 Å². The van der Waals surface area contributed by atoms with Gasteiger partial charge < -0.3 is 0 Å². The highest BCUT2D eigenvalue weighted by molar-refractivity contribution is 7.99. The monoisotopic (exact) mass is 152 g/mol. The Kier molecular flexibility index (Phi) is 2.96. The normalized spacial score (nSPS) is 9.20. The molecule has 0 aromatic carbocycles. The Hall–Kier alpha value is -0.830. The van der Waals surface area contributed by atoms with Crippen LogP contribution in [0.5, 0.6) is 0 Å². The average Bonchev–Trinajstić information content (AvgIpc) is 2.03. The lowest BCUT2D eigenvalue weighted by atomic mass is 10.6. The lowest BCUT2D eigenvalue weighted by molar-refractivity contribution is 0.930. The summed E-state index contributed by atoms with van der Waals surface area (Å²) in [6.07, 6.45) is 3.51. The van der Waals surface area contributed by atoms with Gasteiger partial charge in [-0.05, 0) is 12.1 Å². The maximum absolute atomic E-state index is 3.88. The van der Waals surface area contributed by atoms with E-state index < -0.39 is 0 Å². The number of thioether (sulfide) groups is 1. The molecule has 0 radical (unpaired) electrons. The summed E-state index contributed by atoms with van der Waals surface area (Å²) in [4.78, 5) is 0.